The van der Waals surface area contributed by atoms with Gasteiger partial charge in [0.25, 0.3) is 0 Å². The predicted octanol–water partition coefficient (Wildman–Crippen LogP) is 5.24. The number of furan rings is 1. The van der Waals surface area contributed by atoms with Crippen molar-refractivity contribution in [2.45, 2.75) is 0 Å². The van der Waals surface area contributed by atoms with E-state index in [2.05, 4.69) is 16.0 Å². The molecule has 28 heavy (non-hydrogen) atoms. The number of allylic oxidation sites excluding steroid dienone is 1. The summed E-state index contributed by atoms with van der Waals surface area (Å²) < 4.78 is 5.78. The molecule has 0 radical (unpaired) electrons. The van der Waals surface area contributed by atoms with Crippen LogP contribution in [0.5, 0.6) is 0 Å². The van der Waals surface area contributed by atoms with Gasteiger partial charge < -0.3 is 14.5 Å². The minimum Gasteiger partial charge on any atom is -0.478 e. The first-order chi connectivity index (χ1) is 13.5. The van der Waals surface area contributed by atoms with E-state index in [1.165, 1.54) is 12.1 Å². The third-order valence-corrected chi connectivity index (χ3v) is 4.48. The van der Waals surface area contributed by atoms with E-state index in [-0.39, 0.29) is 10.6 Å². The molecule has 0 fully saturated rings. The Hall–Kier alpha value is -3.82. The number of aromatic carboxylic acids is 1. The van der Waals surface area contributed by atoms with Gasteiger partial charge in [-0.1, -0.05) is 29.8 Å². The quantitative estimate of drug-likeness (QED) is 0.464. The Bertz CT molecular complexity index is 1240. The predicted molar refractivity (Wildman–Crippen MR) is 106 cm³/mol. The van der Waals surface area contributed by atoms with Crippen molar-refractivity contribution >= 4 is 40.3 Å². The molecule has 7 heteroatoms. The summed E-state index contributed by atoms with van der Waals surface area (Å²) in [5, 5.41) is 18.7. The average molecular weight is 390 g/mol. The van der Waals surface area contributed by atoms with E-state index < -0.39 is 5.97 Å². The van der Waals surface area contributed by atoms with Crippen LogP contribution in [0.1, 0.15) is 21.9 Å². The van der Waals surface area contributed by atoms with Crippen LogP contribution in [0, 0.1) is 11.3 Å². The Kier molecular flexibility index (Phi) is 4.44. The number of nitrogens with one attached hydrogen (secondary N) is 1. The summed E-state index contributed by atoms with van der Waals surface area (Å²) in [6.07, 6.45) is 1.59. The summed E-state index contributed by atoms with van der Waals surface area (Å²) in [7, 11) is 0. The number of aromatic amines is 1. The zero-order chi connectivity index (χ0) is 19.7. The molecule has 6 nitrogen and oxygen atoms in total. The van der Waals surface area contributed by atoms with Crippen LogP contribution in [-0.4, -0.2) is 21.0 Å². The monoisotopic (exact) mass is 389 g/mol. The van der Waals surface area contributed by atoms with E-state index in [9.17, 15) is 10.1 Å². The Morgan fingerprint density at radius 3 is 2.75 bits per heavy atom. The number of halogens is 1. The highest BCUT2D eigenvalue weighted by Gasteiger charge is 2.13. The van der Waals surface area contributed by atoms with Crippen molar-refractivity contribution in [2.24, 2.45) is 0 Å². The highest BCUT2D eigenvalue weighted by atomic mass is 35.5. The second kappa shape index (κ2) is 7.06. The van der Waals surface area contributed by atoms with Crippen molar-refractivity contribution in [3.63, 3.8) is 0 Å². The summed E-state index contributed by atoms with van der Waals surface area (Å²) >= 11 is 6.02. The van der Waals surface area contributed by atoms with Crippen LogP contribution in [-0.2, 0) is 0 Å². The second-order valence-corrected chi connectivity index (χ2v) is 6.38. The number of aromatic nitrogens is 2. The molecule has 0 saturated heterocycles. The summed E-state index contributed by atoms with van der Waals surface area (Å²) in [4.78, 5) is 18.6. The standard InChI is InChI=1S/C21H12ClN3O3/c22-16-10-12(5-7-15(16)21(26)27)19-8-6-14(28-19)9-13(11-23)20-24-17-3-1-2-4-18(17)25-20/h1-10H,(H,24,25)(H,26,27)/b13-9-. The number of carboxylic acid groups (broad SMARTS) is 1. The maximum Gasteiger partial charge on any atom is 0.337 e. The lowest BCUT2D eigenvalue weighted by Crippen LogP contribution is -1.96. The molecule has 4 aromatic rings. The van der Waals surface area contributed by atoms with Crippen LogP contribution in [0.4, 0.5) is 0 Å². The molecular weight excluding hydrogens is 378 g/mol. The Labute approximate surface area is 164 Å². The highest BCUT2D eigenvalue weighted by molar-refractivity contribution is 6.33. The number of benzene rings is 2. The molecule has 0 spiro atoms. The SMILES string of the molecule is N#C/C(=C/c1ccc(-c2ccc(C(=O)O)c(Cl)c2)o1)c1nc2ccccc2[nH]1. The fraction of sp³-hybridized carbons (Fsp3) is 0. The van der Waals surface area contributed by atoms with Crippen molar-refractivity contribution in [3.05, 3.63) is 76.8 Å². The van der Waals surface area contributed by atoms with Crippen molar-refractivity contribution in [3.8, 4) is 17.4 Å². The van der Waals surface area contributed by atoms with Crippen LogP contribution >= 0.6 is 11.6 Å². The number of H-pyrrole nitrogens is 1. The zero-order valence-corrected chi connectivity index (χ0v) is 15.1. The van der Waals surface area contributed by atoms with E-state index >= 15 is 0 Å². The summed E-state index contributed by atoms with van der Waals surface area (Å²) in [6, 6.07) is 17.7. The van der Waals surface area contributed by atoms with Gasteiger partial charge >= 0.3 is 5.97 Å². The van der Waals surface area contributed by atoms with E-state index in [0.29, 0.717) is 28.5 Å². The molecule has 0 aliphatic heterocycles. The van der Waals surface area contributed by atoms with Crippen LogP contribution in [0.2, 0.25) is 5.02 Å². The minimum absolute atomic E-state index is 0.0220. The number of nitrogens with zero attached hydrogens (tertiary/aromatic N) is 2. The van der Waals surface area contributed by atoms with Crippen LogP contribution in [0.15, 0.2) is 59.0 Å². The van der Waals surface area contributed by atoms with E-state index in [1.54, 1.807) is 24.3 Å². The van der Waals surface area contributed by atoms with Gasteiger partial charge in [-0.2, -0.15) is 5.26 Å². The molecule has 0 atom stereocenters. The fourth-order valence-corrected chi connectivity index (χ4v) is 3.06. The Balaban J connectivity index is 1.67. The number of carboxylic acids is 1. The first-order valence-corrected chi connectivity index (χ1v) is 8.63. The summed E-state index contributed by atoms with van der Waals surface area (Å²) in [5.74, 6) is 0.331. The number of fused-ring (bicyclic) bond motifs is 1. The lowest BCUT2D eigenvalue weighted by Gasteiger charge is -2.01. The number of hydrogen-bond acceptors (Lipinski definition) is 4. The first-order valence-electron chi connectivity index (χ1n) is 8.25. The van der Waals surface area contributed by atoms with Gasteiger partial charge in [0.2, 0.25) is 0 Å². The topological polar surface area (TPSA) is 103 Å². The number of para-hydroxylation sites is 2. The number of rotatable bonds is 4. The summed E-state index contributed by atoms with van der Waals surface area (Å²) in [6.45, 7) is 0. The molecule has 0 saturated carbocycles. The lowest BCUT2D eigenvalue weighted by atomic mass is 10.1. The van der Waals surface area contributed by atoms with Gasteiger partial charge in [0.15, 0.2) is 0 Å². The molecule has 2 aromatic carbocycles. The van der Waals surface area contributed by atoms with Crippen molar-refractivity contribution in [1.82, 2.24) is 9.97 Å². The number of carbonyl (C=O) groups is 1. The Morgan fingerprint density at radius 2 is 2.04 bits per heavy atom. The zero-order valence-electron chi connectivity index (χ0n) is 14.3. The molecule has 0 unspecified atom stereocenters. The van der Waals surface area contributed by atoms with Gasteiger partial charge in [0, 0.05) is 11.6 Å². The highest BCUT2D eigenvalue weighted by Crippen LogP contribution is 2.29. The number of hydrogen-bond donors (Lipinski definition) is 2. The van der Waals surface area contributed by atoms with Gasteiger partial charge in [0.05, 0.1) is 27.2 Å². The van der Waals surface area contributed by atoms with E-state index in [1.807, 2.05) is 24.3 Å². The largest absolute Gasteiger partial charge is 0.478 e. The van der Waals surface area contributed by atoms with Crippen molar-refractivity contribution in [1.29, 1.82) is 5.26 Å². The molecule has 0 bridgehead atoms. The molecule has 0 aliphatic carbocycles. The third kappa shape index (κ3) is 3.27. The molecular formula is C21H12ClN3O3. The molecule has 0 amide bonds. The minimum atomic E-state index is -1.09. The third-order valence-electron chi connectivity index (χ3n) is 4.16. The normalized spacial score (nSPS) is 11.5. The van der Waals surface area contributed by atoms with Gasteiger partial charge in [-0.3, -0.25) is 0 Å². The molecule has 2 N–H and O–H groups in total. The maximum atomic E-state index is 11.1. The van der Waals surface area contributed by atoms with E-state index in [0.717, 1.165) is 11.0 Å². The Morgan fingerprint density at radius 1 is 1.21 bits per heavy atom. The van der Waals surface area contributed by atoms with Crippen LogP contribution < -0.4 is 0 Å². The lowest BCUT2D eigenvalue weighted by molar-refractivity contribution is 0.0697. The van der Waals surface area contributed by atoms with Gasteiger partial charge in [-0.05, 0) is 36.4 Å². The van der Waals surface area contributed by atoms with Crippen molar-refractivity contribution in [2.75, 3.05) is 0 Å². The van der Waals surface area contributed by atoms with Crippen molar-refractivity contribution < 1.29 is 14.3 Å². The van der Waals surface area contributed by atoms with Crippen LogP contribution in [0.25, 0.3) is 34.0 Å². The van der Waals surface area contributed by atoms with Gasteiger partial charge in [-0.25, -0.2) is 9.78 Å². The second-order valence-electron chi connectivity index (χ2n) is 5.97. The summed E-state index contributed by atoms with van der Waals surface area (Å²) in [5.41, 5.74) is 2.60. The average Bonchev–Trinajstić information content (AvgIpc) is 3.32. The molecule has 2 heterocycles. The van der Waals surface area contributed by atoms with Gasteiger partial charge in [-0.15, -0.1) is 0 Å². The number of imidazole rings is 1. The first kappa shape index (κ1) is 17.6. The molecule has 4 rings (SSSR count). The molecule has 136 valence electrons. The maximum absolute atomic E-state index is 11.1. The fourth-order valence-electron chi connectivity index (χ4n) is 2.80. The van der Waals surface area contributed by atoms with Gasteiger partial charge in [0.1, 0.15) is 23.4 Å². The number of nitriles is 1. The molecule has 0 aliphatic rings. The van der Waals surface area contributed by atoms with E-state index in [4.69, 9.17) is 21.1 Å². The smallest absolute Gasteiger partial charge is 0.337 e. The van der Waals surface area contributed by atoms with Crippen LogP contribution in [0.3, 0.4) is 0 Å². The molecule has 2 aromatic heterocycles.